The molecule has 0 aromatic rings. The van der Waals surface area contributed by atoms with Crippen molar-refractivity contribution in [2.24, 2.45) is 0 Å². The van der Waals surface area contributed by atoms with Crippen molar-refractivity contribution in [3.8, 4) is 0 Å². The summed E-state index contributed by atoms with van der Waals surface area (Å²) in [5.74, 6) is -2.88. The number of amides is 2. The van der Waals surface area contributed by atoms with Gasteiger partial charge in [-0.05, 0) is 19.8 Å². The highest BCUT2D eigenvalue weighted by Crippen LogP contribution is 2.26. The molecule has 6 nitrogen and oxygen atoms in total. The van der Waals surface area contributed by atoms with Crippen LogP contribution in [0.1, 0.15) is 26.2 Å². The number of likely N-dealkylation sites (tertiary alicyclic amines) is 1. The summed E-state index contributed by atoms with van der Waals surface area (Å²) in [5.41, 5.74) is 0. The van der Waals surface area contributed by atoms with Crippen LogP contribution in [0.3, 0.4) is 0 Å². The van der Waals surface area contributed by atoms with E-state index < -0.39 is 24.9 Å². The Bertz CT molecular complexity index is 499. The van der Waals surface area contributed by atoms with E-state index in [-0.39, 0.29) is 42.7 Å². The number of halogens is 4. The molecule has 3 aliphatic heterocycles. The van der Waals surface area contributed by atoms with Gasteiger partial charge < -0.3 is 9.80 Å². The highest BCUT2D eigenvalue weighted by Gasteiger charge is 2.44. The van der Waals surface area contributed by atoms with E-state index in [4.69, 9.17) is 0 Å². The molecule has 26 heavy (non-hydrogen) atoms. The number of carbonyl (C=O) groups excluding carboxylic acids is 2. The van der Waals surface area contributed by atoms with Gasteiger partial charge >= 0.3 is 0 Å². The predicted molar refractivity (Wildman–Crippen MR) is 99.3 cm³/mol. The first-order chi connectivity index (χ1) is 11.4. The van der Waals surface area contributed by atoms with Gasteiger partial charge in [0.05, 0.1) is 18.6 Å². The second kappa shape index (κ2) is 9.48. The van der Waals surface area contributed by atoms with Crippen LogP contribution in [0, 0.1) is 0 Å². The van der Waals surface area contributed by atoms with E-state index in [2.05, 4.69) is 10.2 Å². The van der Waals surface area contributed by atoms with Gasteiger partial charge in [-0.3, -0.25) is 19.8 Å². The molecule has 0 aromatic heterocycles. The summed E-state index contributed by atoms with van der Waals surface area (Å²) in [6.45, 7) is 5.35. The molecule has 3 saturated heterocycles. The lowest BCUT2D eigenvalue weighted by Crippen LogP contribution is -2.57. The molecule has 0 spiro atoms. The Morgan fingerprint density at radius 3 is 2.08 bits per heavy atom. The van der Waals surface area contributed by atoms with E-state index in [1.54, 1.807) is 4.90 Å². The lowest BCUT2D eigenvalue weighted by molar-refractivity contribution is -0.139. The summed E-state index contributed by atoms with van der Waals surface area (Å²) in [4.78, 5) is 30.4. The smallest absolute Gasteiger partial charge is 0.262 e. The molecule has 0 aliphatic carbocycles. The van der Waals surface area contributed by atoms with Gasteiger partial charge in [-0.25, -0.2) is 8.78 Å². The van der Waals surface area contributed by atoms with Crippen LogP contribution < -0.4 is 5.32 Å². The Kier molecular flexibility index (Phi) is 8.51. The van der Waals surface area contributed by atoms with E-state index in [1.807, 2.05) is 11.8 Å². The maximum absolute atomic E-state index is 13.2. The number of piperazine rings is 1. The van der Waals surface area contributed by atoms with Gasteiger partial charge in [0.1, 0.15) is 0 Å². The van der Waals surface area contributed by atoms with Crippen LogP contribution in [0.4, 0.5) is 8.78 Å². The molecule has 2 unspecified atom stereocenters. The van der Waals surface area contributed by atoms with Crippen LogP contribution in [0.15, 0.2) is 0 Å². The molecule has 3 fully saturated rings. The Morgan fingerprint density at radius 2 is 1.58 bits per heavy atom. The summed E-state index contributed by atoms with van der Waals surface area (Å²) < 4.78 is 26.5. The average Bonchev–Trinajstić information content (AvgIpc) is 3.22. The van der Waals surface area contributed by atoms with Crippen molar-refractivity contribution < 1.29 is 18.4 Å². The molecule has 1 N–H and O–H groups in total. The summed E-state index contributed by atoms with van der Waals surface area (Å²) in [5, 5.41) is 2.62. The van der Waals surface area contributed by atoms with Gasteiger partial charge in [-0.1, -0.05) is 0 Å². The predicted octanol–water partition coefficient (Wildman–Crippen LogP) is 0.982. The molecule has 3 aliphatic rings. The molecule has 0 saturated carbocycles. The molecular formula is C16H28Cl2F2N4O2. The minimum absolute atomic E-state index is 0. The molecule has 3 rings (SSSR count). The van der Waals surface area contributed by atoms with E-state index in [0.717, 1.165) is 25.9 Å². The largest absolute Gasteiger partial charge is 0.341 e. The number of alkyl halides is 2. The monoisotopic (exact) mass is 416 g/mol. The Morgan fingerprint density at radius 1 is 1.00 bits per heavy atom. The third kappa shape index (κ3) is 5.18. The van der Waals surface area contributed by atoms with E-state index in [9.17, 15) is 18.4 Å². The first-order valence-electron chi connectivity index (χ1n) is 8.80. The number of carbonyl (C=O) groups is 2. The van der Waals surface area contributed by atoms with Gasteiger partial charge in [-0.2, -0.15) is 0 Å². The van der Waals surface area contributed by atoms with Gasteiger partial charge in [0.25, 0.3) is 5.92 Å². The fourth-order valence-corrected chi connectivity index (χ4v) is 3.80. The number of hydrogen-bond donors (Lipinski definition) is 1. The van der Waals surface area contributed by atoms with E-state index in [1.165, 1.54) is 0 Å². The minimum Gasteiger partial charge on any atom is -0.341 e. The first kappa shape index (κ1) is 23.3. The highest BCUT2D eigenvalue weighted by atomic mass is 35.5. The van der Waals surface area contributed by atoms with Crippen molar-refractivity contribution in [2.45, 2.75) is 44.2 Å². The summed E-state index contributed by atoms with van der Waals surface area (Å²) in [6, 6.07) is -0.968. The maximum atomic E-state index is 13.2. The summed E-state index contributed by atoms with van der Waals surface area (Å²) in [7, 11) is 0. The minimum atomic E-state index is -2.79. The van der Waals surface area contributed by atoms with Gasteiger partial charge in [-0.15, -0.1) is 24.8 Å². The number of nitrogens with one attached hydrogen (secondary N) is 1. The maximum Gasteiger partial charge on any atom is 0.262 e. The third-order valence-electron chi connectivity index (χ3n) is 5.36. The Labute approximate surface area is 165 Å². The number of nitrogens with zero attached hydrogens (tertiary/aromatic N) is 3. The number of rotatable bonds is 3. The standard InChI is InChI=1S/C16H26F2N4O2.2ClH/c1-12(14(23)21-4-2-3-5-21)20-6-8-22(9-7-20)15(24)13-10-16(17,18)11-19-13;;/h12-13,19H,2-11H2,1H3;2*1H. The van der Waals surface area contributed by atoms with Crippen LogP contribution >= 0.6 is 24.8 Å². The second-order valence-electron chi connectivity index (χ2n) is 7.06. The van der Waals surface area contributed by atoms with Crippen LogP contribution in [0.2, 0.25) is 0 Å². The molecule has 10 heteroatoms. The normalized spacial score (nSPS) is 26.8. The van der Waals surface area contributed by atoms with Gasteiger partial charge in [0, 0.05) is 45.7 Å². The Hall–Kier alpha value is -0.700. The lowest BCUT2D eigenvalue weighted by Gasteiger charge is -2.39. The highest BCUT2D eigenvalue weighted by molar-refractivity contribution is 5.85. The zero-order valence-corrected chi connectivity index (χ0v) is 16.6. The molecule has 0 radical (unpaired) electrons. The number of hydrogen-bond acceptors (Lipinski definition) is 4. The third-order valence-corrected chi connectivity index (χ3v) is 5.36. The average molecular weight is 417 g/mol. The van der Waals surface area contributed by atoms with Crippen molar-refractivity contribution in [3.05, 3.63) is 0 Å². The lowest BCUT2D eigenvalue weighted by atomic mass is 10.1. The SMILES string of the molecule is CC(C(=O)N1CCCC1)N1CCN(C(=O)C2CC(F)(F)CN2)CC1.Cl.Cl. The van der Waals surface area contributed by atoms with E-state index >= 15 is 0 Å². The zero-order chi connectivity index (χ0) is 17.3. The van der Waals surface area contributed by atoms with Gasteiger partial charge in [0.2, 0.25) is 11.8 Å². The molecule has 2 atom stereocenters. The second-order valence-corrected chi connectivity index (χ2v) is 7.06. The first-order valence-corrected chi connectivity index (χ1v) is 8.80. The summed E-state index contributed by atoms with van der Waals surface area (Å²) in [6.07, 6.45) is 1.72. The van der Waals surface area contributed by atoms with Crippen LogP contribution in [-0.2, 0) is 9.59 Å². The van der Waals surface area contributed by atoms with Crippen LogP contribution in [-0.4, -0.2) is 90.3 Å². The fraction of sp³-hybridized carbons (Fsp3) is 0.875. The van der Waals surface area contributed by atoms with Crippen LogP contribution in [0.25, 0.3) is 0 Å². The van der Waals surface area contributed by atoms with Crippen molar-refractivity contribution in [1.29, 1.82) is 0 Å². The van der Waals surface area contributed by atoms with Gasteiger partial charge in [0.15, 0.2) is 0 Å². The Balaban J connectivity index is 0.00000169. The molecule has 3 heterocycles. The van der Waals surface area contributed by atoms with Crippen LogP contribution in [0.5, 0.6) is 0 Å². The van der Waals surface area contributed by atoms with Crippen molar-refractivity contribution in [2.75, 3.05) is 45.8 Å². The van der Waals surface area contributed by atoms with Crippen molar-refractivity contribution in [1.82, 2.24) is 20.0 Å². The molecular weight excluding hydrogens is 389 g/mol. The zero-order valence-electron chi connectivity index (χ0n) is 15.0. The fourth-order valence-electron chi connectivity index (χ4n) is 3.80. The van der Waals surface area contributed by atoms with Crippen molar-refractivity contribution >= 4 is 36.6 Å². The molecule has 0 bridgehead atoms. The molecule has 0 aromatic carbocycles. The van der Waals surface area contributed by atoms with E-state index in [0.29, 0.717) is 26.2 Å². The summed E-state index contributed by atoms with van der Waals surface area (Å²) >= 11 is 0. The van der Waals surface area contributed by atoms with Crippen molar-refractivity contribution in [3.63, 3.8) is 0 Å². The molecule has 152 valence electrons. The molecule has 2 amide bonds. The topological polar surface area (TPSA) is 55.9 Å². The quantitative estimate of drug-likeness (QED) is 0.744.